The summed E-state index contributed by atoms with van der Waals surface area (Å²) in [5.41, 5.74) is 1.77. The molecule has 0 radical (unpaired) electrons. The van der Waals surface area contributed by atoms with Crippen LogP contribution in [0.4, 0.5) is 0 Å². The summed E-state index contributed by atoms with van der Waals surface area (Å²) in [6, 6.07) is 17.8. The highest BCUT2D eigenvalue weighted by molar-refractivity contribution is 5.99. The Hall–Kier alpha value is -2.66. The van der Waals surface area contributed by atoms with Gasteiger partial charge in [-0.25, -0.2) is 9.59 Å². The third-order valence-corrected chi connectivity index (χ3v) is 4.15. The Morgan fingerprint density at radius 1 is 0.800 bits per heavy atom. The van der Waals surface area contributed by atoms with Crippen LogP contribution in [-0.4, -0.2) is 36.0 Å². The highest BCUT2D eigenvalue weighted by atomic mass is 16.6. The van der Waals surface area contributed by atoms with Crippen LogP contribution in [0.15, 0.2) is 60.7 Å². The number of likely N-dealkylation sites (tertiary alicyclic amines) is 1. The summed E-state index contributed by atoms with van der Waals surface area (Å²) in [7, 11) is 0. The maximum atomic E-state index is 12.4. The molecule has 1 aliphatic heterocycles. The van der Waals surface area contributed by atoms with Gasteiger partial charge in [-0.3, -0.25) is 4.90 Å². The fourth-order valence-corrected chi connectivity index (χ4v) is 2.61. The molecule has 25 heavy (non-hydrogen) atoms. The third-order valence-electron chi connectivity index (χ3n) is 4.15. The fourth-order valence-electron chi connectivity index (χ4n) is 2.61. The van der Waals surface area contributed by atoms with E-state index >= 15 is 0 Å². The molecule has 1 aliphatic rings. The number of esters is 2. The van der Waals surface area contributed by atoms with Crippen molar-refractivity contribution in [2.75, 3.05) is 13.1 Å². The van der Waals surface area contributed by atoms with Gasteiger partial charge >= 0.3 is 11.9 Å². The Kier molecular flexibility index (Phi) is 5.80. The van der Waals surface area contributed by atoms with Gasteiger partial charge in [-0.1, -0.05) is 60.7 Å². The van der Waals surface area contributed by atoms with Crippen LogP contribution in [0, 0.1) is 0 Å². The SMILES string of the molecule is O=C(OCc1ccccc1)C(C(=O)OCc1ccccc1)N1CCC1. The van der Waals surface area contributed by atoms with Gasteiger partial charge in [-0.2, -0.15) is 0 Å². The zero-order valence-electron chi connectivity index (χ0n) is 14.0. The number of carbonyl (C=O) groups is 2. The highest BCUT2D eigenvalue weighted by Crippen LogP contribution is 2.16. The fraction of sp³-hybridized carbons (Fsp3) is 0.300. The topological polar surface area (TPSA) is 55.8 Å². The number of nitrogens with zero attached hydrogens (tertiary/aromatic N) is 1. The number of carbonyl (C=O) groups excluding carboxylic acids is 2. The van der Waals surface area contributed by atoms with Crippen molar-refractivity contribution in [1.29, 1.82) is 0 Å². The molecule has 0 unspecified atom stereocenters. The molecule has 0 amide bonds. The van der Waals surface area contributed by atoms with Gasteiger partial charge in [0.2, 0.25) is 6.04 Å². The highest BCUT2D eigenvalue weighted by Gasteiger charge is 2.38. The van der Waals surface area contributed by atoms with Gasteiger partial charge in [-0.15, -0.1) is 0 Å². The van der Waals surface area contributed by atoms with Gasteiger partial charge in [0.1, 0.15) is 13.2 Å². The van der Waals surface area contributed by atoms with Gasteiger partial charge in [0.05, 0.1) is 0 Å². The molecule has 2 aromatic rings. The van der Waals surface area contributed by atoms with Crippen LogP contribution in [0.2, 0.25) is 0 Å². The van der Waals surface area contributed by atoms with E-state index in [9.17, 15) is 9.59 Å². The van der Waals surface area contributed by atoms with Crippen molar-refractivity contribution in [3.63, 3.8) is 0 Å². The van der Waals surface area contributed by atoms with E-state index in [0.29, 0.717) is 13.1 Å². The van der Waals surface area contributed by atoms with Crippen LogP contribution in [0.5, 0.6) is 0 Å². The molecule has 5 heteroatoms. The second-order valence-electron chi connectivity index (χ2n) is 5.98. The molecule has 5 nitrogen and oxygen atoms in total. The second kappa shape index (κ2) is 8.44. The first-order chi connectivity index (χ1) is 12.2. The number of hydrogen-bond donors (Lipinski definition) is 0. The van der Waals surface area contributed by atoms with E-state index in [-0.39, 0.29) is 13.2 Å². The third kappa shape index (κ3) is 4.67. The summed E-state index contributed by atoms with van der Waals surface area (Å²) in [5, 5.41) is 0. The van der Waals surface area contributed by atoms with Crippen molar-refractivity contribution in [3.8, 4) is 0 Å². The number of ether oxygens (including phenoxy) is 2. The minimum atomic E-state index is -0.985. The predicted molar refractivity (Wildman–Crippen MR) is 92.5 cm³/mol. The predicted octanol–water partition coefficient (Wildman–Crippen LogP) is 2.55. The molecule has 0 bridgehead atoms. The number of rotatable bonds is 7. The monoisotopic (exact) mass is 339 g/mol. The molecular weight excluding hydrogens is 318 g/mol. The smallest absolute Gasteiger partial charge is 0.335 e. The summed E-state index contributed by atoms with van der Waals surface area (Å²) in [6.45, 7) is 1.70. The van der Waals surface area contributed by atoms with Crippen molar-refractivity contribution < 1.29 is 19.1 Å². The quantitative estimate of drug-likeness (QED) is 0.573. The molecule has 3 rings (SSSR count). The molecule has 130 valence electrons. The molecule has 0 spiro atoms. The molecule has 0 aliphatic carbocycles. The normalized spacial score (nSPS) is 14.0. The maximum absolute atomic E-state index is 12.4. The Bertz CT molecular complexity index is 643. The van der Waals surface area contributed by atoms with Crippen LogP contribution >= 0.6 is 0 Å². The van der Waals surface area contributed by atoms with Crippen molar-refractivity contribution >= 4 is 11.9 Å². The molecule has 1 saturated heterocycles. The van der Waals surface area contributed by atoms with Gasteiger partial charge in [0, 0.05) is 13.1 Å². The zero-order chi connectivity index (χ0) is 17.5. The van der Waals surface area contributed by atoms with Crippen molar-refractivity contribution in [3.05, 3.63) is 71.8 Å². The molecule has 0 atom stereocenters. The summed E-state index contributed by atoms with van der Waals surface area (Å²) in [5.74, 6) is -1.11. The van der Waals surface area contributed by atoms with E-state index in [0.717, 1.165) is 17.5 Å². The minimum absolute atomic E-state index is 0.149. The van der Waals surface area contributed by atoms with Gasteiger partial charge in [-0.05, 0) is 17.5 Å². The molecule has 0 N–H and O–H groups in total. The standard InChI is InChI=1S/C20H21NO4/c22-19(24-14-16-8-3-1-4-9-16)18(21-12-7-13-21)20(23)25-15-17-10-5-2-6-11-17/h1-6,8-11,18H,7,12-15H2. The Morgan fingerprint density at radius 2 is 1.24 bits per heavy atom. The molecule has 0 saturated carbocycles. The van der Waals surface area contributed by atoms with E-state index in [4.69, 9.17) is 9.47 Å². The number of hydrogen-bond acceptors (Lipinski definition) is 5. The molecule has 2 aromatic carbocycles. The minimum Gasteiger partial charge on any atom is -0.459 e. The Labute approximate surface area is 147 Å². The second-order valence-corrected chi connectivity index (χ2v) is 5.98. The van der Waals surface area contributed by atoms with Crippen molar-refractivity contribution in [2.24, 2.45) is 0 Å². The van der Waals surface area contributed by atoms with Crippen molar-refractivity contribution in [1.82, 2.24) is 4.90 Å². The van der Waals surface area contributed by atoms with Crippen LogP contribution in [0.1, 0.15) is 17.5 Å². The first-order valence-corrected chi connectivity index (χ1v) is 8.39. The zero-order valence-corrected chi connectivity index (χ0v) is 14.0. The van der Waals surface area contributed by atoms with Crippen molar-refractivity contribution in [2.45, 2.75) is 25.7 Å². The summed E-state index contributed by atoms with van der Waals surface area (Å²) in [4.78, 5) is 26.7. The van der Waals surface area contributed by atoms with Gasteiger partial charge in [0.25, 0.3) is 0 Å². The lowest BCUT2D eigenvalue weighted by Gasteiger charge is -2.35. The maximum Gasteiger partial charge on any atom is 0.335 e. The van der Waals surface area contributed by atoms with Crippen LogP contribution in [0.25, 0.3) is 0 Å². The van der Waals surface area contributed by atoms with E-state index in [1.807, 2.05) is 60.7 Å². The first-order valence-electron chi connectivity index (χ1n) is 8.39. The van der Waals surface area contributed by atoms with E-state index < -0.39 is 18.0 Å². The molecule has 1 heterocycles. The van der Waals surface area contributed by atoms with Crippen LogP contribution < -0.4 is 0 Å². The lowest BCUT2D eigenvalue weighted by Crippen LogP contribution is -2.54. The van der Waals surface area contributed by atoms with E-state index in [1.165, 1.54) is 0 Å². The largest absolute Gasteiger partial charge is 0.459 e. The molecular formula is C20H21NO4. The molecule has 0 aromatic heterocycles. The molecule has 1 fully saturated rings. The summed E-state index contributed by atoms with van der Waals surface area (Å²) in [6.07, 6.45) is 0.967. The van der Waals surface area contributed by atoms with Gasteiger partial charge in [0.15, 0.2) is 0 Å². The summed E-state index contributed by atoms with van der Waals surface area (Å²) < 4.78 is 10.7. The van der Waals surface area contributed by atoms with Crippen LogP contribution in [-0.2, 0) is 32.3 Å². The average Bonchev–Trinajstić information content (AvgIpc) is 2.62. The first kappa shape index (κ1) is 17.2. The van der Waals surface area contributed by atoms with Gasteiger partial charge < -0.3 is 9.47 Å². The Balaban J connectivity index is 1.58. The lowest BCUT2D eigenvalue weighted by molar-refractivity contribution is -0.167. The Morgan fingerprint density at radius 3 is 1.60 bits per heavy atom. The van der Waals surface area contributed by atoms with Crippen LogP contribution in [0.3, 0.4) is 0 Å². The number of benzene rings is 2. The summed E-state index contributed by atoms with van der Waals surface area (Å²) >= 11 is 0. The lowest BCUT2D eigenvalue weighted by atomic mass is 10.1. The van der Waals surface area contributed by atoms with E-state index in [1.54, 1.807) is 4.90 Å². The van der Waals surface area contributed by atoms with E-state index in [2.05, 4.69) is 0 Å². The average molecular weight is 339 g/mol.